The maximum absolute atomic E-state index is 12.2. The van der Waals surface area contributed by atoms with E-state index in [1.807, 2.05) is 48.5 Å². The van der Waals surface area contributed by atoms with Crippen LogP contribution in [0.5, 0.6) is 5.75 Å². The molecule has 1 aromatic heterocycles. The molecule has 1 unspecified atom stereocenters. The molecule has 0 aliphatic carbocycles. The van der Waals surface area contributed by atoms with E-state index in [2.05, 4.69) is 29.3 Å². The number of fused-ring (bicyclic) bond motifs is 1. The van der Waals surface area contributed by atoms with Gasteiger partial charge >= 0.3 is 0 Å². The van der Waals surface area contributed by atoms with Crippen molar-refractivity contribution in [2.24, 2.45) is 0 Å². The first kappa shape index (κ1) is 18.3. The number of amides is 1. The Morgan fingerprint density at radius 1 is 1.11 bits per heavy atom. The minimum Gasteiger partial charge on any atom is -0.481 e. The number of para-hydroxylation sites is 2. The lowest BCUT2D eigenvalue weighted by molar-refractivity contribution is -0.118. The van der Waals surface area contributed by atoms with Gasteiger partial charge in [-0.1, -0.05) is 30.3 Å². The number of hydrogen-bond acceptors (Lipinski definition) is 4. The first-order chi connectivity index (χ1) is 13.7. The molecular formula is C23H25N3O2. The Labute approximate surface area is 165 Å². The number of nitrogens with zero attached hydrogens (tertiary/aromatic N) is 2. The number of benzene rings is 2. The Morgan fingerprint density at radius 2 is 1.96 bits per heavy atom. The SMILES string of the molecule is CC1CCCCN1c1ccc2cccc(OCC(=O)Nc3ccccc3)c2n1. The van der Waals surface area contributed by atoms with Crippen LogP contribution >= 0.6 is 0 Å². The van der Waals surface area contributed by atoms with Crippen LogP contribution in [-0.4, -0.2) is 30.1 Å². The second-order valence-electron chi connectivity index (χ2n) is 7.24. The van der Waals surface area contributed by atoms with Crippen LogP contribution in [0.4, 0.5) is 11.5 Å². The molecule has 5 nitrogen and oxygen atoms in total. The standard InChI is InChI=1S/C23H25N3O2/c1-17-8-5-6-15-26(17)21-14-13-18-9-7-12-20(23(18)25-21)28-16-22(27)24-19-10-3-2-4-11-19/h2-4,7,9-14,17H,5-6,8,15-16H2,1H3,(H,24,27). The molecule has 1 N–H and O–H groups in total. The largest absolute Gasteiger partial charge is 0.481 e. The number of carbonyl (C=O) groups excluding carboxylic acids is 1. The third kappa shape index (κ3) is 4.09. The highest BCUT2D eigenvalue weighted by atomic mass is 16.5. The number of rotatable bonds is 5. The third-order valence-corrected chi connectivity index (χ3v) is 5.18. The van der Waals surface area contributed by atoms with Gasteiger partial charge < -0.3 is 15.0 Å². The normalized spacial score (nSPS) is 16.8. The van der Waals surface area contributed by atoms with Crippen LogP contribution < -0.4 is 15.0 Å². The molecule has 3 aromatic rings. The number of carbonyl (C=O) groups is 1. The van der Waals surface area contributed by atoms with E-state index < -0.39 is 0 Å². The van der Waals surface area contributed by atoms with Gasteiger partial charge in [-0.25, -0.2) is 4.98 Å². The molecule has 28 heavy (non-hydrogen) atoms. The smallest absolute Gasteiger partial charge is 0.262 e. The highest BCUT2D eigenvalue weighted by Crippen LogP contribution is 2.29. The van der Waals surface area contributed by atoms with E-state index >= 15 is 0 Å². The van der Waals surface area contributed by atoms with Gasteiger partial charge in [0.15, 0.2) is 6.61 Å². The fourth-order valence-electron chi connectivity index (χ4n) is 3.69. The van der Waals surface area contributed by atoms with Crippen molar-refractivity contribution in [2.45, 2.75) is 32.2 Å². The summed E-state index contributed by atoms with van der Waals surface area (Å²) in [4.78, 5) is 19.5. The number of hydrogen-bond donors (Lipinski definition) is 1. The van der Waals surface area contributed by atoms with Crippen LogP contribution in [0.25, 0.3) is 10.9 Å². The molecule has 2 aromatic carbocycles. The molecule has 1 aliphatic rings. The van der Waals surface area contributed by atoms with Crippen molar-refractivity contribution in [3.63, 3.8) is 0 Å². The third-order valence-electron chi connectivity index (χ3n) is 5.18. The van der Waals surface area contributed by atoms with Gasteiger partial charge in [0.25, 0.3) is 5.91 Å². The number of ether oxygens (including phenoxy) is 1. The lowest BCUT2D eigenvalue weighted by atomic mass is 10.0. The van der Waals surface area contributed by atoms with Crippen molar-refractivity contribution in [3.8, 4) is 5.75 Å². The summed E-state index contributed by atoms with van der Waals surface area (Å²) in [6.45, 7) is 3.23. The fraction of sp³-hybridized carbons (Fsp3) is 0.304. The molecule has 2 heterocycles. The van der Waals surface area contributed by atoms with E-state index in [0.29, 0.717) is 11.8 Å². The lowest BCUT2D eigenvalue weighted by Gasteiger charge is -2.34. The average molecular weight is 375 g/mol. The monoisotopic (exact) mass is 375 g/mol. The molecule has 1 saturated heterocycles. The van der Waals surface area contributed by atoms with Gasteiger partial charge in [-0.05, 0) is 56.5 Å². The van der Waals surface area contributed by atoms with Gasteiger partial charge in [0, 0.05) is 23.7 Å². The summed E-state index contributed by atoms with van der Waals surface area (Å²) in [5, 5.41) is 3.85. The molecule has 5 heteroatoms. The van der Waals surface area contributed by atoms with Crippen LogP contribution in [-0.2, 0) is 4.79 Å². The van der Waals surface area contributed by atoms with Crippen molar-refractivity contribution < 1.29 is 9.53 Å². The average Bonchev–Trinajstić information content (AvgIpc) is 2.73. The summed E-state index contributed by atoms with van der Waals surface area (Å²) < 4.78 is 5.83. The zero-order valence-electron chi connectivity index (χ0n) is 16.1. The molecular weight excluding hydrogens is 350 g/mol. The van der Waals surface area contributed by atoms with Crippen LogP contribution in [0, 0.1) is 0 Å². The molecule has 144 valence electrons. The molecule has 1 amide bonds. The Balaban J connectivity index is 1.51. The molecule has 0 radical (unpaired) electrons. The molecule has 1 aliphatic heterocycles. The first-order valence-corrected chi connectivity index (χ1v) is 9.85. The molecule has 0 saturated carbocycles. The summed E-state index contributed by atoms with van der Waals surface area (Å²) in [6.07, 6.45) is 3.66. The highest BCUT2D eigenvalue weighted by Gasteiger charge is 2.20. The van der Waals surface area contributed by atoms with E-state index in [1.54, 1.807) is 0 Å². The first-order valence-electron chi connectivity index (χ1n) is 9.85. The molecule has 4 rings (SSSR count). The molecule has 0 bridgehead atoms. The van der Waals surface area contributed by atoms with Crippen molar-refractivity contribution in [2.75, 3.05) is 23.4 Å². The minimum atomic E-state index is -0.191. The zero-order chi connectivity index (χ0) is 19.3. The Bertz CT molecular complexity index is 958. The van der Waals surface area contributed by atoms with Gasteiger partial charge in [-0.2, -0.15) is 0 Å². The van der Waals surface area contributed by atoms with E-state index in [4.69, 9.17) is 9.72 Å². The predicted octanol–water partition coefficient (Wildman–Crippen LogP) is 4.63. The van der Waals surface area contributed by atoms with E-state index in [1.165, 1.54) is 19.3 Å². The van der Waals surface area contributed by atoms with Crippen LogP contribution in [0.1, 0.15) is 26.2 Å². The number of piperidine rings is 1. The number of aromatic nitrogens is 1. The van der Waals surface area contributed by atoms with Gasteiger partial charge in [0.2, 0.25) is 0 Å². The summed E-state index contributed by atoms with van der Waals surface area (Å²) in [6, 6.07) is 19.8. The van der Waals surface area contributed by atoms with Crippen LogP contribution in [0.2, 0.25) is 0 Å². The second kappa shape index (κ2) is 8.30. The predicted molar refractivity (Wildman–Crippen MR) is 113 cm³/mol. The highest BCUT2D eigenvalue weighted by molar-refractivity contribution is 5.92. The van der Waals surface area contributed by atoms with Crippen molar-refractivity contribution in [3.05, 3.63) is 60.7 Å². The van der Waals surface area contributed by atoms with E-state index in [9.17, 15) is 4.79 Å². The van der Waals surface area contributed by atoms with E-state index in [-0.39, 0.29) is 12.5 Å². The fourth-order valence-corrected chi connectivity index (χ4v) is 3.69. The Kier molecular flexibility index (Phi) is 5.42. The Hall–Kier alpha value is -3.08. The molecule has 1 atom stereocenters. The van der Waals surface area contributed by atoms with Gasteiger partial charge in [0.05, 0.1) is 0 Å². The van der Waals surface area contributed by atoms with Crippen LogP contribution in [0.3, 0.4) is 0 Å². The zero-order valence-corrected chi connectivity index (χ0v) is 16.1. The van der Waals surface area contributed by atoms with Gasteiger partial charge in [-0.3, -0.25) is 4.79 Å². The maximum atomic E-state index is 12.2. The van der Waals surface area contributed by atoms with E-state index in [0.717, 1.165) is 29.0 Å². The summed E-state index contributed by atoms with van der Waals surface area (Å²) >= 11 is 0. The van der Waals surface area contributed by atoms with Crippen molar-refractivity contribution in [1.29, 1.82) is 0 Å². The minimum absolute atomic E-state index is 0.0555. The topological polar surface area (TPSA) is 54.5 Å². The van der Waals surface area contributed by atoms with Gasteiger partial charge in [0.1, 0.15) is 17.1 Å². The van der Waals surface area contributed by atoms with Gasteiger partial charge in [-0.15, -0.1) is 0 Å². The number of anilines is 2. The molecule has 0 spiro atoms. The van der Waals surface area contributed by atoms with Crippen molar-refractivity contribution in [1.82, 2.24) is 4.98 Å². The summed E-state index contributed by atoms with van der Waals surface area (Å²) in [5.74, 6) is 1.42. The number of nitrogens with one attached hydrogen (secondary N) is 1. The Morgan fingerprint density at radius 3 is 2.79 bits per heavy atom. The summed E-state index contributed by atoms with van der Waals surface area (Å²) in [5.41, 5.74) is 1.55. The number of pyridine rings is 1. The lowest BCUT2D eigenvalue weighted by Crippen LogP contribution is -2.37. The second-order valence-corrected chi connectivity index (χ2v) is 7.24. The summed E-state index contributed by atoms with van der Waals surface area (Å²) in [7, 11) is 0. The maximum Gasteiger partial charge on any atom is 0.262 e. The molecule has 1 fully saturated rings. The van der Waals surface area contributed by atoms with Crippen LogP contribution in [0.15, 0.2) is 60.7 Å². The van der Waals surface area contributed by atoms with Crippen molar-refractivity contribution >= 4 is 28.3 Å². The quantitative estimate of drug-likeness (QED) is 0.706.